The fourth-order valence-electron chi connectivity index (χ4n) is 0.983. The summed E-state index contributed by atoms with van der Waals surface area (Å²) in [5, 5.41) is -1.19. The van der Waals surface area contributed by atoms with E-state index in [2.05, 4.69) is 0 Å². The van der Waals surface area contributed by atoms with Gasteiger partial charge < -0.3 is 0 Å². The summed E-state index contributed by atoms with van der Waals surface area (Å²) in [5.41, 5.74) is -0.138. The van der Waals surface area contributed by atoms with Gasteiger partial charge in [0.1, 0.15) is 16.9 Å². The minimum Gasteiger partial charge on any atom is -0.212 e. The smallest absolute Gasteiger partial charge is 0.212 e. The highest BCUT2D eigenvalue weighted by molar-refractivity contribution is 8.13. The Morgan fingerprint density at radius 3 is 2.36 bits per heavy atom. The Labute approximate surface area is 84.9 Å². The Hall–Kier alpha value is -0.680. The summed E-state index contributed by atoms with van der Waals surface area (Å²) < 4.78 is 47.3. The van der Waals surface area contributed by atoms with E-state index >= 15 is 0 Å². The van der Waals surface area contributed by atoms with Crippen LogP contribution in [-0.4, -0.2) is 8.42 Å². The molecule has 0 aliphatic rings. The van der Waals surface area contributed by atoms with Crippen molar-refractivity contribution in [3.63, 3.8) is 0 Å². The van der Waals surface area contributed by atoms with E-state index in [4.69, 9.17) is 10.7 Å². The van der Waals surface area contributed by atoms with Gasteiger partial charge in [-0.3, -0.25) is 0 Å². The molecule has 0 N–H and O–H groups in total. The lowest BCUT2D eigenvalue weighted by Gasteiger charge is -2.08. The summed E-state index contributed by atoms with van der Waals surface area (Å²) in [6, 6.07) is 2.67. The first-order valence-corrected chi connectivity index (χ1v) is 6.08. The quantitative estimate of drug-likeness (QED) is 0.745. The SMILES string of the molecule is C[C@H](c1ccc(F)cc1F)S(=O)(=O)Cl. The van der Waals surface area contributed by atoms with E-state index in [1.54, 1.807) is 0 Å². The highest BCUT2D eigenvalue weighted by Crippen LogP contribution is 2.27. The van der Waals surface area contributed by atoms with Crippen LogP contribution in [0.2, 0.25) is 0 Å². The molecular weight excluding hydrogens is 234 g/mol. The Kier molecular flexibility index (Phi) is 3.11. The lowest BCUT2D eigenvalue weighted by atomic mass is 10.1. The molecule has 1 atom stereocenters. The van der Waals surface area contributed by atoms with Gasteiger partial charge in [0.2, 0.25) is 9.05 Å². The van der Waals surface area contributed by atoms with Crippen LogP contribution >= 0.6 is 10.7 Å². The van der Waals surface area contributed by atoms with E-state index < -0.39 is 25.9 Å². The Bertz CT molecular complexity index is 445. The first-order chi connectivity index (χ1) is 6.32. The highest BCUT2D eigenvalue weighted by Gasteiger charge is 2.22. The lowest BCUT2D eigenvalue weighted by Crippen LogP contribution is -2.05. The topological polar surface area (TPSA) is 34.1 Å². The van der Waals surface area contributed by atoms with Crippen LogP contribution in [0, 0.1) is 11.6 Å². The summed E-state index contributed by atoms with van der Waals surface area (Å²) in [6.45, 7) is 1.23. The lowest BCUT2D eigenvalue weighted by molar-refractivity contribution is 0.564. The number of hydrogen-bond acceptors (Lipinski definition) is 2. The van der Waals surface area contributed by atoms with Crippen molar-refractivity contribution in [3.8, 4) is 0 Å². The van der Waals surface area contributed by atoms with Crippen LogP contribution in [0.3, 0.4) is 0 Å². The van der Waals surface area contributed by atoms with E-state index in [0.717, 1.165) is 12.1 Å². The number of benzene rings is 1. The van der Waals surface area contributed by atoms with Crippen molar-refractivity contribution in [1.82, 2.24) is 0 Å². The second kappa shape index (κ2) is 3.82. The fourth-order valence-corrected chi connectivity index (χ4v) is 1.77. The summed E-state index contributed by atoms with van der Waals surface area (Å²) in [5.74, 6) is -1.67. The van der Waals surface area contributed by atoms with Gasteiger partial charge in [-0.1, -0.05) is 6.07 Å². The third-order valence-electron chi connectivity index (χ3n) is 1.82. The molecule has 0 aliphatic heterocycles. The molecular formula is C8H7ClF2O2S. The van der Waals surface area contributed by atoms with Gasteiger partial charge in [-0.05, 0) is 13.0 Å². The van der Waals surface area contributed by atoms with Crippen LogP contribution in [0.5, 0.6) is 0 Å². The zero-order valence-corrected chi connectivity index (χ0v) is 8.74. The van der Waals surface area contributed by atoms with E-state index in [1.807, 2.05) is 0 Å². The van der Waals surface area contributed by atoms with Crippen LogP contribution in [0.25, 0.3) is 0 Å². The first kappa shape index (κ1) is 11.4. The minimum atomic E-state index is -3.88. The molecule has 0 aliphatic carbocycles. The van der Waals surface area contributed by atoms with Crippen LogP contribution in [-0.2, 0) is 9.05 Å². The van der Waals surface area contributed by atoms with Crippen LogP contribution in [0.4, 0.5) is 8.78 Å². The minimum absolute atomic E-state index is 0.138. The summed E-state index contributed by atoms with van der Waals surface area (Å²) in [6.07, 6.45) is 0. The zero-order chi connectivity index (χ0) is 10.9. The Morgan fingerprint density at radius 2 is 1.93 bits per heavy atom. The second-order valence-corrected chi connectivity index (χ2v) is 5.73. The molecule has 0 spiro atoms. The van der Waals surface area contributed by atoms with Gasteiger partial charge in [0.05, 0.1) is 0 Å². The fraction of sp³-hybridized carbons (Fsp3) is 0.250. The maximum Gasteiger partial charge on any atom is 0.239 e. The van der Waals surface area contributed by atoms with E-state index in [9.17, 15) is 17.2 Å². The normalized spacial score (nSPS) is 14.0. The van der Waals surface area contributed by atoms with Gasteiger partial charge in [-0.25, -0.2) is 17.2 Å². The second-order valence-electron chi connectivity index (χ2n) is 2.78. The Balaban J connectivity index is 3.21. The largest absolute Gasteiger partial charge is 0.239 e. The molecule has 0 heterocycles. The van der Waals surface area contributed by atoms with Gasteiger partial charge in [0.15, 0.2) is 0 Å². The van der Waals surface area contributed by atoms with Gasteiger partial charge in [-0.15, -0.1) is 0 Å². The first-order valence-electron chi connectivity index (χ1n) is 3.71. The molecule has 1 aromatic carbocycles. The maximum atomic E-state index is 13.1. The van der Waals surface area contributed by atoms with Gasteiger partial charge in [-0.2, -0.15) is 0 Å². The molecule has 6 heteroatoms. The van der Waals surface area contributed by atoms with Crippen molar-refractivity contribution in [2.75, 3.05) is 0 Å². The summed E-state index contributed by atoms with van der Waals surface area (Å²) >= 11 is 0. The molecule has 2 nitrogen and oxygen atoms in total. The van der Waals surface area contributed by atoms with E-state index in [-0.39, 0.29) is 5.56 Å². The molecule has 0 fully saturated rings. The number of halogens is 3. The zero-order valence-electron chi connectivity index (χ0n) is 7.17. The molecule has 0 saturated heterocycles. The molecule has 1 aromatic rings. The van der Waals surface area contributed by atoms with Gasteiger partial charge in [0.25, 0.3) is 0 Å². The van der Waals surface area contributed by atoms with Crippen LogP contribution in [0.15, 0.2) is 18.2 Å². The third-order valence-corrected chi connectivity index (χ3v) is 3.72. The molecule has 0 unspecified atom stereocenters. The molecule has 0 bridgehead atoms. The highest BCUT2D eigenvalue weighted by atomic mass is 35.7. The molecule has 14 heavy (non-hydrogen) atoms. The predicted octanol–water partition coefficient (Wildman–Crippen LogP) is 2.59. The van der Waals surface area contributed by atoms with Crippen molar-refractivity contribution in [2.24, 2.45) is 0 Å². The van der Waals surface area contributed by atoms with Crippen molar-refractivity contribution < 1.29 is 17.2 Å². The predicted molar refractivity (Wildman–Crippen MR) is 49.5 cm³/mol. The number of hydrogen-bond donors (Lipinski definition) is 0. The summed E-state index contributed by atoms with van der Waals surface area (Å²) in [7, 11) is 1.16. The van der Waals surface area contributed by atoms with Gasteiger partial charge in [0, 0.05) is 22.3 Å². The molecule has 0 aromatic heterocycles. The molecule has 0 amide bonds. The van der Waals surface area contributed by atoms with Crippen molar-refractivity contribution >= 4 is 19.7 Å². The average molecular weight is 241 g/mol. The standard InChI is InChI=1S/C8H7ClF2O2S/c1-5(14(9,12)13)7-3-2-6(10)4-8(7)11/h2-5H,1H3/t5-/m1/s1. The maximum absolute atomic E-state index is 13.1. The molecule has 78 valence electrons. The molecule has 0 saturated carbocycles. The van der Waals surface area contributed by atoms with Gasteiger partial charge >= 0.3 is 0 Å². The monoisotopic (exact) mass is 240 g/mol. The Morgan fingerprint density at radius 1 is 1.36 bits per heavy atom. The van der Waals surface area contributed by atoms with E-state index in [1.165, 1.54) is 6.92 Å². The average Bonchev–Trinajstić information content (AvgIpc) is 2.01. The molecule has 1 rings (SSSR count). The summed E-state index contributed by atoms with van der Waals surface area (Å²) in [4.78, 5) is 0. The molecule has 0 radical (unpaired) electrons. The van der Waals surface area contributed by atoms with Crippen LogP contribution < -0.4 is 0 Å². The third kappa shape index (κ3) is 2.42. The van der Waals surface area contributed by atoms with E-state index in [0.29, 0.717) is 6.07 Å². The van der Waals surface area contributed by atoms with Crippen molar-refractivity contribution in [2.45, 2.75) is 12.2 Å². The van der Waals surface area contributed by atoms with Crippen molar-refractivity contribution in [3.05, 3.63) is 35.4 Å². The number of rotatable bonds is 2. The van der Waals surface area contributed by atoms with Crippen molar-refractivity contribution in [1.29, 1.82) is 0 Å². The van der Waals surface area contributed by atoms with Crippen LogP contribution in [0.1, 0.15) is 17.7 Å².